The summed E-state index contributed by atoms with van der Waals surface area (Å²) in [7, 11) is 1.58. The molecule has 0 spiro atoms. The molecule has 8 heteroatoms. The van der Waals surface area contributed by atoms with Crippen LogP contribution in [0.4, 0.5) is 0 Å². The standard InChI is InChI=1S/C30H35ClN2O4S/c1-20(2)10-13-32(30(35)22-6-5-7-23(17-22)36-4)18-29(34)33-14-11-28-25(12-15-38-28)27(33)19-37-24-8-9-26(31)21(3)16-24/h5-9,12,15-17,20,27H,10-11,13-14,18-19H2,1-4H3. The number of aryl methyl sites for hydroxylation is 1. The van der Waals surface area contributed by atoms with Crippen LogP contribution in [0.15, 0.2) is 53.9 Å². The molecule has 0 saturated carbocycles. The molecule has 0 radical (unpaired) electrons. The Morgan fingerprint density at radius 2 is 1.97 bits per heavy atom. The third-order valence-electron chi connectivity index (χ3n) is 6.86. The van der Waals surface area contributed by atoms with Gasteiger partial charge < -0.3 is 19.3 Å². The summed E-state index contributed by atoms with van der Waals surface area (Å²) in [5.74, 6) is 1.48. The quantitative estimate of drug-likeness (QED) is 0.290. The van der Waals surface area contributed by atoms with Gasteiger partial charge in [-0.05, 0) is 84.7 Å². The van der Waals surface area contributed by atoms with Crippen LogP contribution in [0.1, 0.15) is 52.7 Å². The molecular formula is C30H35ClN2O4S. The van der Waals surface area contributed by atoms with Gasteiger partial charge in [-0.3, -0.25) is 9.59 Å². The predicted octanol–water partition coefficient (Wildman–Crippen LogP) is 6.41. The largest absolute Gasteiger partial charge is 0.497 e. The summed E-state index contributed by atoms with van der Waals surface area (Å²) in [6, 6.07) is 14.5. The molecule has 38 heavy (non-hydrogen) atoms. The van der Waals surface area contributed by atoms with Crippen molar-refractivity contribution in [1.82, 2.24) is 9.80 Å². The topological polar surface area (TPSA) is 59.1 Å². The molecule has 1 aromatic heterocycles. The summed E-state index contributed by atoms with van der Waals surface area (Å²) in [5, 5.41) is 2.76. The van der Waals surface area contributed by atoms with Gasteiger partial charge in [0.05, 0.1) is 13.2 Å². The maximum Gasteiger partial charge on any atom is 0.254 e. The molecule has 0 aliphatic carbocycles. The van der Waals surface area contributed by atoms with Crippen LogP contribution < -0.4 is 9.47 Å². The van der Waals surface area contributed by atoms with Crippen LogP contribution in [0.2, 0.25) is 5.02 Å². The number of carbonyl (C=O) groups excluding carboxylic acids is 2. The van der Waals surface area contributed by atoms with Crippen LogP contribution in [0.25, 0.3) is 0 Å². The van der Waals surface area contributed by atoms with Gasteiger partial charge in [0.15, 0.2) is 0 Å². The lowest BCUT2D eigenvalue weighted by molar-refractivity contribution is -0.135. The van der Waals surface area contributed by atoms with E-state index in [1.54, 1.807) is 47.6 Å². The van der Waals surface area contributed by atoms with Crippen molar-refractivity contribution in [2.75, 3.05) is 33.4 Å². The number of benzene rings is 2. The number of hydrogen-bond acceptors (Lipinski definition) is 5. The molecule has 1 aliphatic rings. The van der Waals surface area contributed by atoms with Gasteiger partial charge in [-0.2, -0.15) is 0 Å². The highest BCUT2D eigenvalue weighted by Gasteiger charge is 2.33. The molecule has 2 heterocycles. The van der Waals surface area contributed by atoms with Crippen molar-refractivity contribution in [3.05, 3.63) is 80.5 Å². The zero-order valence-corrected chi connectivity index (χ0v) is 24.0. The Morgan fingerprint density at radius 1 is 1.16 bits per heavy atom. The van der Waals surface area contributed by atoms with Crippen molar-refractivity contribution in [1.29, 1.82) is 0 Å². The van der Waals surface area contributed by atoms with Crippen LogP contribution in [-0.2, 0) is 11.2 Å². The van der Waals surface area contributed by atoms with Gasteiger partial charge in [-0.1, -0.05) is 31.5 Å². The SMILES string of the molecule is COc1cccc(C(=O)N(CCC(C)C)CC(=O)N2CCc3sccc3C2COc2ccc(Cl)c(C)c2)c1. The molecule has 0 bridgehead atoms. The third kappa shape index (κ3) is 6.69. The van der Waals surface area contributed by atoms with Crippen LogP contribution >= 0.6 is 22.9 Å². The van der Waals surface area contributed by atoms with Gasteiger partial charge in [0.25, 0.3) is 5.91 Å². The summed E-state index contributed by atoms with van der Waals surface area (Å²) in [5.41, 5.74) is 2.57. The van der Waals surface area contributed by atoms with Gasteiger partial charge in [0, 0.05) is 28.6 Å². The molecule has 1 unspecified atom stereocenters. The number of ether oxygens (including phenoxy) is 2. The summed E-state index contributed by atoms with van der Waals surface area (Å²) in [6.07, 6.45) is 1.60. The van der Waals surface area contributed by atoms with Gasteiger partial charge in [-0.25, -0.2) is 0 Å². The Morgan fingerprint density at radius 3 is 2.71 bits per heavy atom. The van der Waals surface area contributed by atoms with E-state index in [4.69, 9.17) is 21.1 Å². The van der Waals surface area contributed by atoms with Crippen LogP contribution in [0, 0.1) is 12.8 Å². The Balaban J connectivity index is 1.54. The van der Waals surface area contributed by atoms with E-state index in [9.17, 15) is 9.59 Å². The van der Waals surface area contributed by atoms with Crippen LogP contribution in [0.5, 0.6) is 11.5 Å². The second-order valence-electron chi connectivity index (χ2n) is 10.0. The predicted molar refractivity (Wildman–Crippen MR) is 153 cm³/mol. The molecule has 6 nitrogen and oxygen atoms in total. The van der Waals surface area contributed by atoms with E-state index in [-0.39, 0.29) is 24.4 Å². The highest BCUT2D eigenvalue weighted by atomic mass is 35.5. The highest BCUT2D eigenvalue weighted by molar-refractivity contribution is 7.10. The van der Waals surface area contributed by atoms with E-state index in [0.29, 0.717) is 47.7 Å². The summed E-state index contributed by atoms with van der Waals surface area (Å²) in [6.45, 7) is 7.60. The minimum atomic E-state index is -0.229. The van der Waals surface area contributed by atoms with Crippen molar-refractivity contribution >= 4 is 34.8 Å². The normalized spacial score (nSPS) is 14.8. The Hall–Kier alpha value is -3.03. The number of carbonyl (C=O) groups is 2. The zero-order valence-electron chi connectivity index (χ0n) is 22.4. The molecule has 1 aliphatic heterocycles. The van der Waals surface area contributed by atoms with E-state index in [1.165, 1.54) is 4.88 Å². The average molecular weight is 555 g/mol. The molecule has 2 amide bonds. The monoisotopic (exact) mass is 554 g/mol. The van der Waals surface area contributed by atoms with Gasteiger partial charge >= 0.3 is 0 Å². The maximum atomic E-state index is 13.8. The molecule has 4 rings (SSSR count). The van der Waals surface area contributed by atoms with Gasteiger partial charge in [0.2, 0.25) is 5.91 Å². The number of fused-ring (bicyclic) bond motifs is 1. The van der Waals surface area contributed by atoms with Crippen molar-refractivity contribution in [2.24, 2.45) is 5.92 Å². The second-order valence-corrected chi connectivity index (χ2v) is 11.4. The van der Waals surface area contributed by atoms with E-state index in [0.717, 1.165) is 24.0 Å². The third-order valence-corrected chi connectivity index (χ3v) is 8.28. The fourth-order valence-corrected chi connectivity index (χ4v) is 5.66. The first-order valence-corrected chi connectivity index (χ1v) is 14.2. The minimum absolute atomic E-state index is 0.0127. The second kappa shape index (κ2) is 12.7. The number of thiophene rings is 1. The van der Waals surface area contributed by atoms with Crippen LogP contribution in [0.3, 0.4) is 0 Å². The number of hydrogen-bond donors (Lipinski definition) is 0. The van der Waals surface area contributed by atoms with Crippen molar-refractivity contribution in [2.45, 2.75) is 39.7 Å². The fraction of sp³-hybridized carbons (Fsp3) is 0.400. The minimum Gasteiger partial charge on any atom is -0.497 e. The molecule has 0 N–H and O–H groups in total. The Labute approximate surface area is 234 Å². The number of amides is 2. The summed E-state index contributed by atoms with van der Waals surface area (Å²) < 4.78 is 11.5. The first-order chi connectivity index (χ1) is 18.3. The Kier molecular flexibility index (Phi) is 9.34. The smallest absolute Gasteiger partial charge is 0.254 e. The summed E-state index contributed by atoms with van der Waals surface area (Å²) >= 11 is 7.89. The highest BCUT2D eigenvalue weighted by Crippen LogP contribution is 2.34. The number of rotatable bonds is 10. The van der Waals surface area contributed by atoms with Crippen molar-refractivity contribution < 1.29 is 19.1 Å². The van der Waals surface area contributed by atoms with E-state index in [1.807, 2.05) is 30.0 Å². The first kappa shape index (κ1) is 28.0. The van der Waals surface area contributed by atoms with Crippen molar-refractivity contribution in [3.8, 4) is 11.5 Å². The lowest BCUT2D eigenvalue weighted by Gasteiger charge is -2.37. The maximum absolute atomic E-state index is 13.8. The molecular weight excluding hydrogens is 520 g/mol. The fourth-order valence-electron chi connectivity index (χ4n) is 4.62. The molecule has 3 aromatic rings. The molecule has 202 valence electrons. The number of halogens is 1. The lowest BCUT2D eigenvalue weighted by atomic mass is 10.00. The lowest BCUT2D eigenvalue weighted by Crippen LogP contribution is -2.48. The van der Waals surface area contributed by atoms with Crippen LogP contribution in [-0.4, -0.2) is 55.0 Å². The molecule has 0 fully saturated rings. The molecule has 0 saturated heterocycles. The summed E-state index contributed by atoms with van der Waals surface area (Å²) in [4.78, 5) is 32.1. The zero-order chi connectivity index (χ0) is 27.2. The number of nitrogens with zero attached hydrogens (tertiary/aromatic N) is 2. The first-order valence-electron chi connectivity index (χ1n) is 12.9. The average Bonchev–Trinajstić information content (AvgIpc) is 3.40. The van der Waals surface area contributed by atoms with Crippen molar-refractivity contribution in [3.63, 3.8) is 0 Å². The Bertz CT molecular complexity index is 1270. The number of methoxy groups -OCH3 is 1. The van der Waals surface area contributed by atoms with E-state index in [2.05, 4.69) is 25.3 Å². The van der Waals surface area contributed by atoms with E-state index >= 15 is 0 Å². The van der Waals surface area contributed by atoms with Gasteiger partial charge in [-0.15, -0.1) is 11.3 Å². The molecule has 2 aromatic carbocycles. The van der Waals surface area contributed by atoms with E-state index < -0.39 is 0 Å². The van der Waals surface area contributed by atoms with Gasteiger partial charge in [0.1, 0.15) is 24.7 Å². The molecule has 1 atom stereocenters.